The summed E-state index contributed by atoms with van der Waals surface area (Å²) in [7, 11) is 0. The van der Waals surface area contributed by atoms with Crippen LogP contribution in [0, 0.1) is 0 Å². The number of halogens is 4. The Labute approximate surface area is 200 Å². The average Bonchev–Trinajstić information content (AvgIpc) is 3.23. The SMILES string of the molecule is O=C(CN1CCCN(Cc2ccc(C(F)(F)F)cc2)CC1)Nc1cc(Cl)ccc1-n1cncn1. The number of hydrogen-bond donors (Lipinski definition) is 1. The van der Waals surface area contributed by atoms with Gasteiger partial charge in [0.15, 0.2) is 0 Å². The third-order valence-electron chi connectivity index (χ3n) is 5.63. The van der Waals surface area contributed by atoms with E-state index in [4.69, 9.17) is 11.6 Å². The number of nitrogens with zero attached hydrogens (tertiary/aromatic N) is 5. The van der Waals surface area contributed by atoms with Gasteiger partial charge in [0.25, 0.3) is 0 Å². The molecule has 11 heteroatoms. The summed E-state index contributed by atoms with van der Waals surface area (Å²) in [4.78, 5) is 21.0. The van der Waals surface area contributed by atoms with Crippen LogP contribution in [0.5, 0.6) is 0 Å². The first-order valence-corrected chi connectivity index (χ1v) is 11.2. The van der Waals surface area contributed by atoms with Gasteiger partial charge in [-0.25, -0.2) is 9.67 Å². The second-order valence-electron chi connectivity index (χ2n) is 8.15. The van der Waals surface area contributed by atoms with Gasteiger partial charge in [0.05, 0.1) is 23.5 Å². The molecule has 0 radical (unpaired) electrons. The topological polar surface area (TPSA) is 66.3 Å². The van der Waals surface area contributed by atoms with E-state index in [1.54, 1.807) is 29.2 Å². The summed E-state index contributed by atoms with van der Waals surface area (Å²) in [5, 5.41) is 7.52. The van der Waals surface area contributed by atoms with Crippen LogP contribution in [-0.2, 0) is 17.5 Å². The molecule has 4 rings (SSSR count). The minimum Gasteiger partial charge on any atom is -0.323 e. The van der Waals surface area contributed by atoms with Gasteiger partial charge in [0.2, 0.25) is 5.91 Å². The Morgan fingerprint density at radius 1 is 1.03 bits per heavy atom. The summed E-state index contributed by atoms with van der Waals surface area (Å²) in [6, 6.07) is 10.4. The molecule has 1 amide bonds. The van der Waals surface area contributed by atoms with Crippen molar-refractivity contribution >= 4 is 23.2 Å². The molecule has 0 unspecified atom stereocenters. The molecule has 0 spiro atoms. The third-order valence-corrected chi connectivity index (χ3v) is 5.87. The zero-order valence-corrected chi connectivity index (χ0v) is 19.1. The van der Waals surface area contributed by atoms with Crippen molar-refractivity contribution in [2.24, 2.45) is 0 Å². The first kappa shape index (κ1) is 24.2. The highest BCUT2D eigenvalue weighted by molar-refractivity contribution is 6.31. The summed E-state index contributed by atoms with van der Waals surface area (Å²) in [6.45, 7) is 3.75. The predicted molar refractivity (Wildman–Crippen MR) is 123 cm³/mol. The first-order valence-electron chi connectivity index (χ1n) is 10.8. The zero-order valence-electron chi connectivity index (χ0n) is 18.3. The second-order valence-corrected chi connectivity index (χ2v) is 8.59. The number of nitrogens with one attached hydrogen (secondary N) is 1. The summed E-state index contributed by atoms with van der Waals surface area (Å²) < 4.78 is 39.9. The van der Waals surface area contributed by atoms with Crippen LogP contribution in [-0.4, -0.2) is 63.2 Å². The van der Waals surface area contributed by atoms with E-state index in [0.29, 0.717) is 29.5 Å². The average molecular weight is 493 g/mol. The van der Waals surface area contributed by atoms with Crippen LogP contribution in [0.15, 0.2) is 55.1 Å². The quantitative estimate of drug-likeness (QED) is 0.561. The molecule has 0 saturated carbocycles. The molecule has 1 saturated heterocycles. The fourth-order valence-corrected chi connectivity index (χ4v) is 4.10. The Balaban J connectivity index is 1.31. The fraction of sp³-hybridized carbons (Fsp3) is 0.348. The lowest BCUT2D eigenvalue weighted by Crippen LogP contribution is -2.36. The van der Waals surface area contributed by atoms with Gasteiger partial charge in [-0.15, -0.1) is 0 Å². The molecule has 0 aliphatic carbocycles. The van der Waals surface area contributed by atoms with E-state index >= 15 is 0 Å². The summed E-state index contributed by atoms with van der Waals surface area (Å²) in [5.41, 5.74) is 1.40. The third kappa shape index (κ3) is 6.34. The Morgan fingerprint density at radius 3 is 2.47 bits per heavy atom. The largest absolute Gasteiger partial charge is 0.416 e. The van der Waals surface area contributed by atoms with Crippen LogP contribution in [0.25, 0.3) is 5.69 Å². The number of hydrogen-bond acceptors (Lipinski definition) is 5. The lowest BCUT2D eigenvalue weighted by Gasteiger charge is -2.22. The molecular formula is C23H24ClF3N6O. The number of alkyl halides is 3. The van der Waals surface area contributed by atoms with Crippen LogP contribution >= 0.6 is 11.6 Å². The highest BCUT2D eigenvalue weighted by atomic mass is 35.5. The monoisotopic (exact) mass is 492 g/mol. The van der Waals surface area contributed by atoms with Crippen molar-refractivity contribution in [3.05, 3.63) is 71.3 Å². The minimum atomic E-state index is -4.33. The smallest absolute Gasteiger partial charge is 0.323 e. The van der Waals surface area contributed by atoms with Gasteiger partial charge in [-0.3, -0.25) is 14.6 Å². The predicted octanol–water partition coefficient (Wildman–Crippen LogP) is 4.09. The first-order chi connectivity index (χ1) is 16.3. The van der Waals surface area contributed by atoms with E-state index in [9.17, 15) is 18.0 Å². The van der Waals surface area contributed by atoms with Crippen molar-refractivity contribution < 1.29 is 18.0 Å². The number of aromatic nitrogens is 3. The Bertz CT molecular complexity index is 1100. The van der Waals surface area contributed by atoms with Gasteiger partial charge < -0.3 is 5.32 Å². The van der Waals surface area contributed by atoms with Gasteiger partial charge in [-0.2, -0.15) is 18.3 Å². The number of anilines is 1. The molecule has 0 atom stereocenters. The van der Waals surface area contributed by atoms with E-state index in [0.717, 1.165) is 43.8 Å². The number of amides is 1. The highest BCUT2D eigenvalue weighted by Gasteiger charge is 2.30. The fourth-order valence-electron chi connectivity index (χ4n) is 3.93. The highest BCUT2D eigenvalue weighted by Crippen LogP contribution is 2.29. The van der Waals surface area contributed by atoms with E-state index in [1.807, 2.05) is 0 Å². The van der Waals surface area contributed by atoms with Crippen molar-refractivity contribution in [2.45, 2.75) is 19.1 Å². The molecule has 0 bridgehead atoms. The van der Waals surface area contributed by atoms with E-state index in [1.165, 1.54) is 18.5 Å². The molecule has 7 nitrogen and oxygen atoms in total. The number of rotatable bonds is 6. The van der Waals surface area contributed by atoms with Gasteiger partial charge in [-0.1, -0.05) is 23.7 Å². The molecule has 34 heavy (non-hydrogen) atoms. The van der Waals surface area contributed by atoms with Crippen molar-refractivity contribution in [2.75, 3.05) is 38.0 Å². The Hall–Kier alpha value is -2.95. The van der Waals surface area contributed by atoms with Crippen LogP contribution < -0.4 is 5.32 Å². The Kier molecular flexibility index (Phi) is 7.50. The normalized spacial score (nSPS) is 15.8. The standard InChI is InChI=1S/C23H24ClF3N6O/c24-19-6-7-21(33-16-28-15-29-33)20(12-19)30-22(34)14-32-9-1-8-31(10-11-32)13-17-2-4-18(5-3-17)23(25,26)27/h2-7,12,15-16H,1,8-11,13-14H2,(H,30,34). The molecule has 2 aromatic carbocycles. The number of carbonyl (C=O) groups excluding carboxylic acids is 1. The van der Waals surface area contributed by atoms with Crippen molar-refractivity contribution in [3.8, 4) is 5.69 Å². The van der Waals surface area contributed by atoms with Gasteiger partial charge >= 0.3 is 6.18 Å². The second kappa shape index (κ2) is 10.5. The molecule has 1 fully saturated rings. The molecule has 1 aliphatic heterocycles. The van der Waals surface area contributed by atoms with Crippen LogP contribution in [0.2, 0.25) is 5.02 Å². The van der Waals surface area contributed by atoms with Crippen LogP contribution in [0.3, 0.4) is 0 Å². The molecule has 180 valence electrons. The molecule has 1 aromatic heterocycles. The maximum absolute atomic E-state index is 12.8. The maximum atomic E-state index is 12.8. The van der Waals surface area contributed by atoms with Crippen molar-refractivity contribution in [3.63, 3.8) is 0 Å². The lowest BCUT2D eigenvalue weighted by atomic mass is 10.1. The van der Waals surface area contributed by atoms with E-state index in [-0.39, 0.29) is 12.5 Å². The molecule has 1 N–H and O–H groups in total. The van der Waals surface area contributed by atoms with Gasteiger partial charge in [0, 0.05) is 24.7 Å². The summed E-state index contributed by atoms with van der Waals surface area (Å²) >= 11 is 6.12. The van der Waals surface area contributed by atoms with Crippen LogP contribution in [0.4, 0.5) is 18.9 Å². The molecular weight excluding hydrogens is 469 g/mol. The summed E-state index contributed by atoms with van der Waals surface area (Å²) in [6.07, 6.45) is -0.522. The minimum absolute atomic E-state index is 0.167. The van der Waals surface area contributed by atoms with Crippen molar-refractivity contribution in [1.82, 2.24) is 24.6 Å². The van der Waals surface area contributed by atoms with Gasteiger partial charge in [0.1, 0.15) is 12.7 Å². The Morgan fingerprint density at radius 2 is 1.76 bits per heavy atom. The van der Waals surface area contributed by atoms with E-state index < -0.39 is 11.7 Å². The van der Waals surface area contributed by atoms with Crippen LogP contribution in [0.1, 0.15) is 17.5 Å². The number of carbonyl (C=O) groups is 1. The maximum Gasteiger partial charge on any atom is 0.416 e. The molecule has 1 aliphatic rings. The van der Waals surface area contributed by atoms with Gasteiger partial charge in [-0.05, 0) is 55.4 Å². The molecule has 3 aromatic rings. The van der Waals surface area contributed by atoms with E-state index in [2.05, 4.69) is 25.2 Å². The number of benzene rings is 2. The molecule has 2 heterocycles. The zero-order chi connectivity index (χ0) is 24.1. The van der Waals surface area contributed by atoms with Crippen molar-refractivity contribution in [1.29, 1.82) is 0 Å². The summed E-state index contributed by atoms with van der Waals surface area (Å²) in [5.74, 6) is -0.167. The lowest BCUT2D eigenvalue weighted by molar-refractivity contribution is -0.137.